The molecule has 98 valence electrons. The van der Waals surface area contributed by atoms with Gasteiger partial charge in [-0.25, -0.2) is 4.79 Å². The number of hydrogen-bond donors (Lipinski definition) is 2. The van der Waals surface area contributed by atoms with Crippen molar-refractivity contribution in [3.8, 4) is 0 Å². The average Bonchev–Trinajstić information content (AvgIpc) is 2.38. The van der Waals surface area contributed by atoms with Crippen molar-refractivity contribution < 1.29 is 14.7 Å². The van der Waals surface area contributed by atoms with Gasteiger partial charge in [0.15, 0.2) is 0 Å². The number of aromatic carboxylic acids is 1. The van der Waals surface area contributed by atoms with Crippen LogP contribution < -0.4 is 5.32 Å². The Morgan fingerprint density at radius 2 is 1.84 bits per heavy atom. The molecule has 0 saturated heterocycles. The molecule has 0 aliphatic rings. The molecule has 2 aromatic rings. The van der Waals surface area contributed by atoms with E-state index in [-0.39, 0.29) is 11.5 Å². The average molecular weight is 275 g/mol. The van der Waals surface area contributed by atoms with Crippen LogP contribution >= 0.6 is 11.8 Å². The van der Waals surface area contributed by atoms with Gasteiger partial charge in [-0.15, -0.1) is 0 Å². The Bertz CT molecular complexity index is 640. The topological polar surface area (TPSA) is 66.4 Å². The molecule has 5 heteroatoms. The van der Waals surface area contributed by atoms with Crippen molar-refractivity contribution in [1.82, 2.24) is 0 Å². The number of benzene rings is 2. The quantitative estimate of drug-likeness (QED) is 0.900. The van der Waals surface area contributed by atoms with Gasteiger partial charge in [-0.3, -0.25) is 4.79 Å². The Balaban J connectivity index is 2.47. The van der Waals surface area contributed by atoms with E-state index >= 15 is 0 Å². The second-order valence-corrected chi connectivity index (χ2v) is 4.90. The molecule has 1 amide bonds. The van der Waals surface area contributed by atoms with Crippen molar-refractivity contribution in [2.24, 2.45) is 0 Å². The minimum Gasteiger partial charge on any atom is -0.478 e. The second kappa shape index (κ2) is 5.75. The van der Waals surface area contributed by atoms with Gasteiger partial charge in [0.2, 0.25) is 5.91 Å². The van der Waals surface area contributed by atoms with Crippen molar-refractivity contribution in [1.29, 1.82) is 0 Å². The highest BCUT2D eigenvalue weighted by Crippen LogP contribution is 2.24. The first-order chi connectivity index (χ1) is 9.11. The fourth-order valence-electron chi connectivity index (χ4n) is 1.84. The smallest absolute Gasteiger partial charge is 0.337 e. The van der Waals surface area contributed by atoms with Gasteiger partial charge in [0.05, 0.1) is 17.0 Å². The Morgan fingerprint density at radius 1 is 1.21 bits per heavy atom. The minimum atomic E-state index is -1.05. The van der Waals surface area contributed by atoms with Crippen molar-refractivity contribution in [3.05, 3.63) is 42.0 Å². The molecular weight excluding hydrogens is 262 g/mol. The van der Waals surface area contributed by atoms with Crippen LogP contribution in [0.25, 0.3) is 10.8 Å². The van der Waals surface area contributed by atoms with Crippen LogP contribution in [0.1, 0.15) is 10.4 Å². The van der Waals surface area contributed by atoms with E-state index < -0.39 is 5.97 Å². The van der Waals surface area contributed by atoms with Gasteiger partial charge >= 0.3 is 5.97 Å². The number of fused-ring (bicyclic) bond motifs is 1. The maximum Gasteiger partial charge on any atom is 0.337 e. The fourth-order valence-corrected chi connectivity index (χ4v) is 2.17. The molecule has 0 saturated carbocycles. The van der Waals surface area contributed by atoms with Crippen molar-refractivity contribution in [3.63, 3.8) is 0 Å². The molecule has 0 atom stereocenters. The molecule has 2 N–H and O–H groups in total. The number of amides is 1. The maximum absolute atomic E-state index is 11.6. The summed E-state index contributed by atoms with van der Waals surface area (Å²) in [6.07, 6.45) is 1.82. The van der Waals surface area contributed by atoms with Crippen LogP contribution in [0, 0.1) is 0 Å². The number of rotatable bonds is 4. The summed E-state index contributed by atoms with van der Waals surface area (Å²) in [6.45, 7) is 0. The van der Waals surface area contributed by atoms with E-state index in [1.54, 1.807) is 12.1 Å². The maximum atomic E-state index is 11.6. The molecule has 2 rings (SSSR count). The van der Waals surface area contributed by atoms with Crippen LogP contribution in [0.4, 0.5) is 5.69 Å². The van der Waals surface area contributed by atoms with E-state index in [1.807, 2.05) is 30.5 Å². The zero-order valence-electron chi connectivity index (χ0n) is 10.3. The van der Waals surface area contributed by atoms with Gasteiger partial charge < -0.3 is 10.4 Å². The summed E-state index contributed by atoms with van der Waals surface area (Å²) in [7, 11) is 0. The SMILES string of the molecule is CSCC(=O)Nc1cc2ccccc2cc1C(=O)O. The first-order valence-electron chi connectivity index (χ1n) is 5.66. The number of carbonyl (C=O) groups excluding carboxylic acids is 1. The highest BCUT2D eigenvalue weighted by atomic mass is 32.2. The summed E-state index contributed by atoms with van der Waals surface area (Å²) in [4.78, 5) is 22.8. The molecule has 0 spiro atoms. The van der Waals surface area contributed by atoms with E-state index in [2.05, 4.69) is 5.32 Å². The van der Waals surface area contributed by atoms with E-state index in [0.29, 0.717) is 11.4 Å². The fraction of sp³-hybridized carbons (Fsp3) is 0.143. The predicted molar refractivity (Wildman–Crippen MR) is 77.9 cm³/mol. The third-order valence-corrected chi connectivity index (χ3v) is 3.22. The van der Waals surface area contributed by atoms with Crippen molar-refractivity contribution in [2.45, 2.75) is 0 Å². The Hall–Kier alpha value is -2.01. The Labute approximate surface area is 114 Å². The summed E-state index contributed by atoms with van der Waals surface area (Å²) in [5.74, 6) is -0.957. The van der Waals surface area contributed by atoms with Crippen LogP contribution in [-0.4, -0.2) is 29.0 Å². The zero-order chi connectivity index (χ0) is 13.8. The minimum absolute atomic E-state index is 0.105. The molecule has 0 fully saturated rings. The van der Waals surface area contributed by atoms with Crippen LogP contribution in [0.5, 0.6) is 0 Å². The number of thioether (sulfide) groups is 1. The highest BCUT2D eigenvalue weighted by molar-refractivity contribution is 7.99. The number of hydrogen-bond acceptors (Lipinski definition) is 3. The third-order valence-electron chi connectivity index (χ3n) is 2.67. The third kappa shape index (κ3) is 3.06. The molecule has 0 radical (unpaired) electrons. The predicted octanol–water partition coefficient (Wildman–Crippen LogP) is 2.84. The van der Waals surface area contributed by atoms with Gasteiger partial charge in [0.1, 0.15) is 0 Å². The normalized spacial score (nSPS) is 10.4. The number of anilines is 1. The zero-order valence-corrected chi connectivity index (χ0v) is 11.2. The largest absolute Gasteiger partial charge is 0.478 e. The highest BCUT2D eigenvalue weighted by Gasteiger charge is 2.13. The standard InChI is InChI=1S/C14H13NO3S/c1-19-8-13(16)15-12-7-10-5-3-2-4-9(10)6-11(12)14(17)18/h2-7H,8H2,1H3,(H,15,16)(H,17,18). The molecule has 0 aliphatic heterocycles. The lowest BCUT2D eigenvalue weighted by Gasteiger charge is -2.10. The Kier molecular flexibility index (Phi) is 4.06. The van der Waals surface area contributed by atoms with Gasteiger partial charge in [0, 0.05) is 0 Å². The summed E-state index contributed by atoms with van der Waals surface area (Å²) >= 11 is 1.39. The molecule has 0 aliphatic carbocycles. The molecule has 4 nitrogen and oxygen atoms in total. The van der Waals surface area contributed by atoms with Crippen LogP contribution in [-0.2, 0) is 4.79 Å². The summed E-state index contributed by atoms with van der Waals surface area (Å²) < 4.78 is 0. The van der Waals surface area contributed by atoms with E-state index in [0.717, 1.165) is 10.8 Å². The van der Waals surface area contributed by atoms with Crippen LogP contribution in [0.2, 0.25) is 0 Å². The van der Waals surface area contributed by atoms with E-state index in [4.69, 9.17) is 0 Å². The first-order valence-corrected chi connectivity index (χ1v) is 7.06. The summed E-state index contributed by atoms with van der Waals surface area (Å²) in [6, 6.07) is 10.7. The first kappa shape index (κ1) is 13.4. The summed E-state index contributed by atoms with van der Waals surface area (Å²) in [5.41, 5.74) is 0.443. The molecule has 0 unspecified atom stereocenters. The lowest BCUT2D eigenvalue weighted by molar-refractivity contribution is -0.113. The molecular formula is C14H13NO3S. The summed E-state index contributed by atoms with van der Waals surface area (Å²) in [5, 5.41) is 13.6. The molecule has 0 aromatic heterocycles. The number of carboxylic acid groups (broad SMARTS) is 1. The van der Waals surface area contributed by atoms with Gasteiger partial charge in [-0.1, -0.05) is 24.3 Å². The monoisotopic (exact) mass is 275 g/mol. The number of nitrogens with one attached hydrogen (secondary N) is 1. The lowest BCUT2D eigenvalue weighted by atomic mass is 10.0. The number of carbonyl (C=O) groups is 2. The van der Waals surface area contributed by atoms with Crippen LogP contribution in [0.15, 0.2) is 36.4 Å². The van der Waals surface area contributed by atoms with Gasteiger partial charge in [-0.2, -0.15) is 11.8 Å². The molecule has 2 aromatic carbocycles. The van der Waals surface area contributed by atoms with Gasteiger partial charge in [0.25, 0.3) is 0 Å². The van der Waals surface area contributed by atoms with Crippen molar-refractivity contribution >= 4 is 40.1 Å². The Morgan fingerprint density at radius 3 is 2.42 bits per heavy atom. The molecule has 0 heterocycles. The van der Waals surface area contributed by atoms with Gasteiger partial charge in [-0.05, 0) is 29.2 Å². The van der Waals surface area contributed by atoms with Crippen LogP contribution in [0.3, 0.4) is 0 Å². The van der Waals surface area contributed by atoms with Crippen molar-refractivity contribution in [2.75, 3.05) is 17.3 Å². The van der Waals surface area contributed by atoms with E-state index in [1.165, 1.54) is 11.8 Å². The lowest BCUT2D eigenvalue weighted by Crippen LogP contribution is -2.16. The number of carboxylic acids is 1. The second-order valence-electron chi connectivity index (χ2n) is 4.03. The molecule has 0 bridgehead atoms. The van der Waals surface area contributed by atoms with E-state index in [9.17, 15) is 14.7 Å². The molecule has 19 heavy (non-hydrogen) atoms.